The third kappa shape index (κ3) is 3.47. The van der Waals surface area contributed by atoms with Crippen molar-refractivity contribution >= 4 is 27.6 Å². The van der Waals surface area contributed by atoms with Gasteiger partial charge in [-0.25, -0.2) is 0 Å². The standard InChI is InChI=1S/C11H12BrNO2/c1-8(14)11(15)13(2)7-9-3-5-10(12)6-4-9/h3-6H,7H2,1-2H3. The minimum absolute atomic E-state index is 0.436. The summed E-state index contributed by atoms with van der Waals surface area (Å²) in [6.45, 7) is 1.73. The number of Topliss-reactive ketones (excluding diaryl/α,β-unsaturated/α-hetero) is 1. The lowest BCUT2D eigenvalue weighted by molar-refractivity contribution is -0.143. The Hall–Kier alpha value is -1.16. The second-order valence-electron chi connectivity index (χ2n) is 3.34. The van der Waals surface area contributed by atoms with E-state index in [1.54, 1.807) is 7.05 Å². The van der Waals surface area contributed by atoms with E-state index in [9.17, 15) is 9.59 Å². The van der Waals surface area contributed by atoms with Gasteiger partial charge in [-0.1, -0.05) is 28.1 Å². The van der Waals surface area contributed by atoms with Crippen molar-refractivity contribution in [1.82, 2.24) is 4.90 Å². The molecule has 0 aliphatic carbocycles. The first-order chi connectivity index (χ1) is 7.00. The fourth-order valence-corrected chi connectivity index (χ4v) is 1.47. The van der Waals surface area contributed by atoms with Gasteiger partial charge in [0.2, 0.25) is 5.78 Å². The second kappa shape index (κ2) is 5.07. The summed E-state index contributed by atoms with van der Waals surface area (Å²) in [5.74, 6) is -0.896. The van der Waals surface area contributed by atoms with Crippen LogP contribution in [0.3, 0.4) is 0 Å². The highest BCUT2D eigenvalue weighted by molar-refractivity contribution is 9.10. The van der Waals surface area contributed by atoms with Crippen LogP contribution < -0.4 is 0 Å². The van der Waals surface area contributed by atoms with Crippen LogP contribution in [0.2, 0.25) is 0 Å². The third-order valence-corrected chi connectivity index (χ3v) is 2.51. The fourth-order valence-electron chi connectivity index (χ4n) is 1.20. The summed E-state index contributed by atoms with van der Waals surface area (Å²) in [7, 11) is 1.62. The van der Waals surface area contributed by atoms with E-state index < -0.39 is 11.7 Å². The first-order valence-electron chi connectivity index (χ1n) is 4.51. The number of rotatable bonds is 3. The molecule has 0 heterocycles. The number of hydrogen-bond donors (Lipinski definition) is 0. The van der Waals surface area contributed by atoms with E-state index in [1.807, 2.05) is 24.3 Å². The van der Waals surface area contributed by atoms with Crippen molar-refractivity contribution in [3.63, 3.8) is 0 Å². The lowest BCUT2D eigenvalue weighted by atomic mass is 10.2. The molecule has 0 aliphatic rings. The van der Waals surface area contributed by atoms with E-state index in [0.29, 0.717) is 6.54 Å². The molecule has 0 spiro atoms. The average Bonchev–Trinajstić information content (AvgIpc) is 2.20. The van der Waals surface area contributed by atoms with Gasteiger partial charge in [-0.05, 0) is 17.7 Å². The van der Waals surface area contributed by atoms with Gasteiger partial charge in [0.1, 0.15) is 0 Å². The first kappa shape index (κ1) is 11.9. The molecule has 15 heavy (non-hydrogen) atoms. The van der Waals surface area contributed by atoms with E-state index >= 15 is 0 Å². The Balaban J connectivity index is 2.66. The SMILES string of the molecule is CC(=O)C(=O)N(C)Cc1ccc(Br)cc1. The summed E-state index contributed by atoms with van der Waals surface area (Å²) in [6, 6.07) is 7.63. The van der Waals surface area contributed by atoms with Gasteiger partial charge in [0, 0.05) is 25.0 Å². The van der Waals surface area contributed by atoms with Crippen molar-refractivity contribution in [3.05, 3.63) is 34.3 Å². The van der Waals surface area contributed by atoms with Crippen LogP contribution in [0.5, 0.6) is 0 Å². The molecule has 0 N–H and O–H groups in total. The highest BCUT2D eigenvalue weighted by Crippen LogP contribution is 2.11. The minimum Gasteiger partial charge on any atom is -0.335 e. The van der Waals surface area contributed by atoms with Gasteiger partial charge < -0.3 is 4.90 Å². The van der Waals surface area contributed by atoms with Crippen molar-refractivity contribution < 1.29 is 9.59 Å². The normalized spacial score (nSPS) is 9.80. The quantitative estimate of drug-likeness (QED) is 0.788. The van der Waals surface area contributed by atoms with Crippen LogP contribution in [0.25, 0.3) is 0 Å². The summed E-state index contributed by atoms with van der Waals surface area (Å²) >= 11 is 3.33. The molecule has 0 saturated carbocycles. The monoisotopic (exact) mass is 269 g/mol. The van der Waals surface area contributed by atoms with E-state index in [4.69, 9.17) is 0 Å². The van der Waals surface area contributed by atoms with Crippen LogP contribution in [0.15, 0.2) is 28.7 Å². The van der Waals surface area contributed by atoms with Gasteiger partial charge in [0.05, 0.1) is 0 Å². The first-order valence-corrected chi connectivity index (χ1v) is 5.30. The molecule has 0 unspecified atom stereocenters. The number of nitrogens with zero attached hydrogens (tertiary/aromatic N) is 1. The maximum Gasteiger partial charge on any atom is 0.289 e. The van der Waals surface area contributed by atoms with Crippen LogP contribution in [0.1, 0.15) is 12.5 Å². The number of carbonyl (C=O) groups excluding carboxylic acids is 2. The van der Waals surface area contributed by atoms with Gasteiger partial charge in [-0.15, -0.1) is 0 Å². The molecule has 0 atom stereocenters. The van der Waals surface area contributed by atoms with Crippen molar-refractivity contribution in [3.8, 4) is 0 Å². The lowest BCUT2D eigenvalue weighted by Crippen LogP contribution is -2.31. The smallest absolute Gasteiger partial charge is 0.289 e. The van der Waals surface area contributed by atoms with Crippen LogP contribution in [-0.2, 0) is 16.1 Å². The predicted molar refractivity (Wildman–Crippen MR) is 61.3 cm³/mol. The number of amides is 1. The zero-order valence-corrected chi connectivity index (χ0v) is 10.2. The van der Waals surface area contributed by atoms with Crippen LogP contribution in [0.4, 0.5) is 0 Å². The summed E-state index contributed by atoms with van der Waals surface area (Å²) < 4.78 is 0.992. The molecule has 3 nitrogen and oxygen atoms in total. The molecule has 0 saturated heterocycles. The fraction of sp³-hybridized carbons (Fsp3) is 0.273. The highest BCUT2D eigenvalue weighted by atomic mass is 79.9. The van der Waals surface area contributed by atoms with Gasteiger partial charge in [0.15, 0.2) is 0 Å². The highest BCUT2D eigenvalue weighted by Gasteiger charge is 2.13. The maximum atomic E-state index is 11.3. The molecule has 0 aliphatic heterocycles. The summed E-state index contributed by atoms with van der Waals surface area (Å²) in [6.07, 6.45) is 0. The number of hydrogen-bond acceptors (Lipinski definition) is 2. The zero-order valence-electron chi connectivity index (χ0n) is 8.66. The Morgan fingerprint density at radius 2 is 1.80 bits per heavy atom. The van der Waals surface area contributed by atoms with E-state index in [-0.39, 0.29) is 0 Å². The largest absolute Gasteiger partial charge is 0.335 e. The van der Waals surface area contributed by atoms with Crippen LogP contribution in [-0.4, -0.2) is 23.6 Å². The zero-order chi connectivity index (χ0) is 11.4. The van der Waals surface area contributed by atoms with Crippen molar-refractivity contribution in [1.29, 1.82) is 0 Å². The Morgan fingerprint density at radius 3 is 2.27 bits per heavy atom. The number of halogens is 1. The van der Waals surface area contributed by atoms with Crippen molar-refractivity contribution in [2.45, 2.75) is 13.5 Å². The number of likely N-dealkylation sites (N-methyl/N-ethyl adjacent to an activating group) is 1. The lowest BCUT2D eigenvalue weighted by Gasteiger charge is -2.15. The van der Waals surface area contributed by atoms with Crippen molar-refractivity contribution in [2.75, 3.05) is 7.05 Å². The molecule has 0 radical (unpaired) electrons. The number of ketones is 1. The van der Waals surface area contributed by atoms with Gasteiger partial charge in [-0.2, -0.15) is 0 Å². The summed E-state index contributed by atoms with van der Waals surface area (Å²) in [5, 5.41) is 0. The molecule has 1 amide bonds. The Kier molecular flexibility index (Phi) is 4.03. The van der Waals surface area contributed by atoms with E-state index in [2.05, 4.69) is 15.9 Å². The second-order valence-corrected chi connectivity index (χ2v) is 4.26. The Morgan fingerprint density at radius 1 is 1.27 bits per heavy atom. The van der Waals surface area contributed by atoms with E-state index in [0.717, 1.165) is 10.0 Å². The van der Waals surface area contributed by atoms with Gasteiger partial charge in [-0.3, -0.25) is 9.59 Å². The summed E-state index contributed by atoms with van der Waals surface area (Å²) in [4.78, 5) is 23.5. The predicted octanol–water partition coefficient (Wildman–Crippen LogP) is 2.00. The third-order valence-electron chi connectivity index (χ3n) is 1.98. The number of benzene rings is 1. The van der Waals surface area contributed by atoms with Crippen molar-refractivity contribution in [2.24, 2.45) is 0 Å². The Labute approximate surface area is 97.2 Å². The molecule has 1 aromatic rings. The molecular formula is C11H12BrNO2. The van der Waals surface area contributed by atoms with Crippen LogP contribution >= 0.6 is 15.9 Å². The Bertz CT molecular complexity index is 373. The summed E-state index contributed by atoms with van der Waals surface area (Å²) in [5.41, 5.74) is 0.996. The molecule has 0 aromatic heterocycles. The molecule has 0 fully saturated rings. The molecule has 1 aromatic carbocycles. The molecule has 80 valence electrons. The molecule has 0 bridgehead atoms. The average molecular weight is 270 g/mol. The van der Waals surface area contributed by atoms with E-state index in [1.165, 1.54) is 11.8 Å². The molecular weight excluding hydrogens is 258 g/mol. The number of carbonyl (C=O) groups is 2. The molecule has 4 heteroatoms. The topological polar surface area (TPSA) is 37.4 Å². The minimum atomic E-state index is -0.460. The van der Waals surface area contributed by atoms with Crippen LogP contribution in [0, 0.1) is 0 Å². The van der Waals surface area contributed by atoms with Gasteiger partial charge in [0.25, 0.3) is 5.91 Å². The maximum absolute atomic E-state index is 11.3. The van der Waals surface area contributed by atoms with Gasteiger partial charge >= 0.3 is 0 Å². The molecule has 1 rings (SSSR count).